The predicted octanol–water partition coefficient (Wildman–Crippen LogP) is 0.752. The molecule has 0 heterocycles. The Morgan fingerprint density at radius 3 is 2.68 bits per heavy atom. The third-order valence-electron chi connectivity index (χ3n) is 2.30. The van der Waals surface area contributed by atoms with Crippen molar-refractivity contribution in [3.05, 3.63) is 30.1 Å². The lowest BCUT2D eigenvalue weighted by Crippen LogP contribution is -2.32. The molecule has 0 radical (unpaired) electrons. The number of ether oxygens (including phenoxy) is 1. The average Bonchev–Trinajstić information content (AvgIpc) is 2.36. The number of carbonyl (C=O) groups is 1. The fraction of sp³-hybridized carbons (Fsp3) is 0.417. The molecule has 0 unspecified atom stereocenters. The van der Waals surface area contributed by atoms with E-state index in [0.717, 1.165) is 6.07 Å². The van der Waals surface area contributed by atoms with Crippen molar-refractivity contribution in [3.63, 3.8) is 0 Å². The molecule has 0 fully saturated rings. The molecule has 1 rings (SSSR count). The Labute approximate surface area is 111 Å². The summed E-state index contributed by atoms with van der Waals surface area (Å²) in [5, 5.41) is 2.40. The zero-order chi connectivity index (χ0) is 14.3. The van der Waals surface area contributed by atoms with Gasteiger partial charge in [-0.05, 0) is 19.1 Å². The van der Waals surface area contributed by atoms with Crippen molar-refractivity contribution in [2.24, 2.45) is 0 Å². The molecule has 1 aromatic rings. The van der Waals surface area contributed by atoms with Gasteiger partial charge in [0, 0.05) is 13.2 Å². The van der Waals surface area contributed by atoms with Crippen molar-refractivity contribution in [2.45, 2.75) is 11.8 Å². The zero-order valence-electron chi connectivity index (χ0n) is 10.6. The van der Waals surface area contributed by atoms with Crippen molar-refractivity contribution in [1.82, 2.24) is 5.32 Å². The Balaban J connectivity index is 2.53. The number of benzene rings is 1. The van der Waals surface area contributed by atoms with Gasteiger partial charge in [-0.1, -0.05) is 12.1 Å². The van der Waals surface area contributed by atoms with E-state index in [9.17, 15) is 17.6 Å². The Morgan fingerprint density at radius 2 is 2.05 bits per heavy atom. The van der Waals surface area contributed by atoms with Crippen molar-refractivity contribution in [3.8, 4) is 0 Å². The van der Waals surface area contributed by atoms with Gasteiger partial charge in [-0.2, -0.15) is 0 Å². The van der Waals surface area contributed by atoms with Gasteiger partial charge in [0.1, 0.15) is 17.3 Å². The van der Waals surface area contributed by atoms with Crippen molar-refractivity contribution >= 4 is 15.7 Å². The van der Waals surface area contributed by atoms with Crippen LogP contribution in [0.2, 0.25) is 0 Å². The van der Waals surface area contributed by atoms with Crippen LogP contribution in [0.5, 0.6) is 0 Å². The second-order valence-electron chi connectivity index (χ2n) is 3.74. The molecule has 5 nitrogen and oxygen atoms in total. The second kappa shape index (κ2) is 7.20. The maximum Gasteiger partial charge on any atom is 0.246 e. The summed E-state index contributed by atoms with van der Waals surface area (Å²) in [5.41, 5.74) is 0. The smallest absolute Gasteiger partial charge is 0.246 e. The van der Waals surface area contributed by atoms with E-state index in [1.165, 1.54) is 18.2 Å². The fourth-order valence-corrected chi connectivity index (χ4v) is 2.62. The summed E-state index contributed by atoms with van der Waals surface area (Å²) in [6, 6.07) is 5.15. The number of carbonyl (C=O) groups excluding carboxylic acids is 1. The summed E-state index contributed by atoms with van der Waals surface area (Å²) in [6.45, 7) is 1.95. The SMILES string of the molecule is CCOCC(=O)NCCS(=O)(=O)c1ccccc1F. The van der Waals surface area contributed by atoms with Gasteiger partial charge < -0.3 is 10.1 Å². The molecule has 7 heteroatoms. The first-order valence-electron chi connectivity index (χ1n) is 5.79. The lowest BCUT2D eigenvalue weighted by atomic mass is 10.3. The molecule has 19 heavy (non-hydrogen) atoms. The van der Waals surface area contributed by atoms with Crippen LogP contribution in [0.15, 0.2) is 29.2 Å². The summed E-state index contributed by atoms with van der Waals surface area (Å²) >= 11 is 0. The van der Waals surface area contributed by atoms with Gasteiger partial charge in [-0.25, -0.2) is 12.8 Å². The summed E-state index contributed by atoms with van der Waals surface area (Å²) in [4.78, 5) is 10.8. The molecule has 0 bridgehead atoms. The lowest BCUT2D eigenvalue weighted by molar-refractivity contribution is -0.125. The van der Waals surface area contributed by atoms with Gasteiger partial charge in [-0.15, -0.1) is 0 Å². The Morgan fingerprint density at radius 1 is 1.37 bits per heavy atom. The van der Waals surface area contributed by atoms with Crippen LogP contribution in [0.3, 0.4) is 0 Å². The van der Waals surface area contributed by atoms with Crippen molar-refractivity contribution < 1.29 is 22.3 Å². The molecule has 0 aliphatic heterocycles. The largest absolute Gasteiger partial charge is 0.372 e. The number of hydrogen-bond acceptors (Lipinski definition) is 4. The van der Waals surface area contributed by atoms with E-state index in [1.807, 2.05) is 0 Å². The zero-order valence-corrected chi connectivity index (χ0v) is 11.4. The quantitative estimate of drug-likeness (QED) is 0.804. The molecule has 1 aromatic carbocycles. The summed E-state index contributed by atoms with van der Waals surface area (Å²) in [6.07, 6.45) is 0. The number of hydrogen-bond donors (Lipinski definition) is 1. The summed E-state index contributed by atoms with van der Waals surface area (Å²) < 4.78 is 41.9. The third kappa shape index (κ3) is 4.96. The van der Waals surface area contributed by atoms with E-state index >= 15 is 0 Å². The van der Waals surface area contributed by atoms with Crippen molar-refractivity contribution in [1.29, 1.82) is 0 Å². The monoisotopic (exact) mass is 289 g/mol. The van der Waals surface area contributed by atoms with E-state index in [4.69, 9.17) is 4.74 Å². The number of sulfone groups is 1. The van der Waals surface area contributed by atoms with Gasteiger partial charge in [0.25, 0.3) is 0 Å². The van der Waals surface area contributed by atoms with Gasteiger partial charge in [0.2, 0.25) is 5.91 Å². The van der Waals surface area contributed by atoms with E-state index in [1.54, 1.807) is 6.92 Å². The van der Waals surface area contributed by atoms with E-state index in [2.05, 4.69) is 5.32 Å². The first-order chi connectivity index (χ1) is 8.97. The number of halogens is 1. The molecular weight excluding hydrogens is 273 g/mol. The molecule has 1 N–H and O–H groups in total. The van der Waals surface area contributed by atoms with Gasteiger partial charge in [-0.3, -0.25) is 4.79 Å². The fourth-order valence-electron chi connectivity index (χ4n) is 1.38. The number of amides is 1. The Bertz CT molecular complexity index is 530. The van der Waals surface area contributed by atoms with Crippen LogP contribution in [-0.2, 0) is 19.4 Å². The number of nitrogens with one attached hydrogen (secondary N) is 1. The van der Waals surface area contributed by atoms with Crippen LogP contribution in [0.1, 0.15) is 6.92 Å². The molecule has 106 valence electrons. The van der Waals surface area contributed by atoms with Crippen LogP contribution in [0.25, 0.3) is 0 Å². The van der Waals surface area contributed by atoms with Crippen LogP contribution in [-0.4, -0.2) is 39.8 Å². The maximum atomic E-state index is 13.4. The Hall–Kier alpha value is -1.47. The maximum absolute atomic E-state index is 13.4. The highest BCUT2D eigenvalue weighted by atomic mass is 32.2. The molecule has 0 aromatic heterocycles. The highest BCUT2D eigenvalue weighted by Crippen LogP contribution is 2.14. The van der Waals surface area contributed by atoms with Crippen LogP contribution >= 0.6 is 0 Å². The molecule has 0 spiro atoms. The summed E-state index contributed by atoms with van der Waals surface area (Å²) in [5.74, 6) is -1.54. The minimum absolute atomic E-state index is 0.0808. The predicted molar refractivity (Wildman–Crippen MR) is 68.0 cm³/mol. The number of rotatable bonds is 7. The normalized spacial score (nSPS) is 11.3. The Kier molecular flexibility index (Phi) is 5.91. The molecule has 0 atom stereocenters. The molecule has 0 saturated heterocycles. The third-order valence-corrected chi connectivity index (χ3v) is 4.04. The van der Waals surface area contributed by atoms with Crippen LogP contribution in [0, 0.1) is 5.82 Å². The minimum Gasteiger partial charge on any atom is -0.372 e. The average molecular weight is 289 g/mol. The van der Waals surface area contributed by atoms with Gasteiger partial charge in [0.15, 0.2) is 9.84 Å². The van der Waals surface area contributed by atoms with E-state index in [0.29, 0.717) is 6.61 Å². The van der Waals surface area contributed by atoms with Crippen LogP contribution < -0.4 is 5.32 Å². The topological polar surface area (TPSA) is 72.5 Å². The molecular formula is C12H16FNO4S. The van der Waals surface area contributed by atoms with Gasteiger partial charge >= 0.3 is 0 Å². The molecule has 0 saturated carbocycles. The highest BCUT2D eigenvalue weighted by molar-refractivity contribution is 7.91. The second-order valence-corrected chi connectivity index (χ2v) is 5.81. The molecule has 0 aliphatic carbocycles. The first kappa shape index (κ1) is 15.6. The van der Waals surface area contributed by atoms with E-state index < -0.39 is 21.6 Å². The van der Waals surface area contributed by atoms with Crippen molar-refractivity contribution in [2.75, 3.05) is 25.5 Å². The minimum atomic E-state index is -3.74. The van der Waals surface area contributed by atoms with Crippen LogP contribution in [0.4, 0.5) is 4.39 Å². The van der Waals surface area contributed by atoms with E-state index in [-0.39, 0.29) is 23.8 Å². The highest BCUT2D eigenvalue weighted by Gasteiger charge is 2.18. The standard InChI is InChI=1S/C12H16FNO4S/c1-2-18-9-12(15)14-7-8-19(16,17)11-6-4-3-5-10(11)13/h3-6H,2,7-9H2,1H3,(H,14,15). The van der Waals surface area contributed by atoms with Gasteiger partial charge in [0.05, 0.1) is 5.75 Å². The molecule has 1 amide bonds. The summed E-state index contributed by atoms with van der Waals surface area (Å²) in [7, 11) is -3.74. The molecule has 0 aliphatic rings. The first-order valence-corrected chi connectivity index (χ1v) is 7.44. The lowest BCUT2D eigenvalue weighted by Gasteiger charge is -2.07.